The highest BCUT2D eigenvalue weighted by Gasteiger charge is 2.14. The lowest BCUT2D eigenvalue weighted by Gasteiger charge is -2.15. The molecular weight excluding hydrogens is 295 g/mol. The smallest absolute Gasteiger partial charge is 0.119 e. The lowest BCUT2D eigenvalue weighted by atomic mass is 10.0. The molecule has 0 aliphatic rings. The van der Waals surface area contributed by atoms with Crippen molar-refractivity contribution in [3.63, 3.8) is 0 Å². The molecule has 0 aliphatic carbocycles. The summed E-state index contributed by atoms with van der Waals surface area (Å²) in [7, 11) is 0. The predicted octanol–water partition coefficient (Wildman–Crippen LogP) is 4.86. The van der Waals surface area contributed by atoms with Crippen molar-refractivity contribution in [2.45, 2.75) is 26.1 Å². The van der Waals surface area contributed by atoms with E-state index in [4.69, 9.17) is 27.9 Å². The molecule has 0 bridgehead atoms. The molecule has 0 fully saturated rings. The summed E-state index contributed by atoms with van der Waals surface area (Å²) in [4.78, 5) is 0. The number of halogens is 2. The second-order valence-electron chi connectivity index (χ2n) is 4.80. The molecule has 2 aromatic rings. The summed E-state index contributed by atoms with van der Waals surface area (Å²) in [5.74, 6) is 0.776. The highest BCUT2D eigenvalue weighted by atomic mass is 35.5. The largest absolute Gasteiger partial charge is 0.491 e. The highest BCUT2D eigenvalue weighted by molar-refractivity contribution is 6.35. The SMILES string of the molecule is CC(C)Oc1ccc(C(O)c2ccc(Cl)cc2Cl)cc1. The number of aliphatic hydroxyl groups excluding tert-OH is 1. The number of rotatable bonds is 4. The minimum atomic E-state index is -0.784. The fraction of sp³-hybridized carbons (Fsp3) is 0.250. The number of hydrogen-bond donors (Lipinski definition) is 1. The zero-order valence-electron chi connectivity index (χ0n) is 11.3. The molecule has 2 aromatic carbocycles. The Balaban J connectivity index is 2.22. The third kappa shape index (κ3) is 3.66. The summed E-state index contributed by atoms with van der Waals surface area (Å²) in [6.07, 6.45) is -0.663. The molecule has 0 saturated carbocycles. The maximum absolute atomic E-state index is 10.4. The Morgan fingerprint density at radius 3 is 2.20 bits per heavy atom. The molecule has 106 valence electrons. The second-order valence-corrected chi connectivity index (χ2v) is 5.65. The van der Waals surface area contributed by atoms with E-state index in [-0.39, 0.29) is 6.10 Å². The highest BCUT2D eigenvalue weighted by Crippen LogP contribution is 2.31. The average Bonchev–Trinajstić information content (AvgIpc) is 2.38. The fourth-order valence-corrected chi connectivity index (χ4v) is 2.42. The van der Waals surface area contributed by atoms with Crippen LogP contribution in [0.2, 0.25) is 10.0 Å². The molecule has 0 amide bonds. The van der Waals surface area contributed by atoms with Gasteiger partial charge in [-0.1, -0.05) is 41.4 Å². The minimum absolute atomic E-state index is 0.122. The Labute approximate surface area is 128 Å². The van der Waals surface area contributed by atoms with Crippen molar-refractivity contribution in [2.75, 3.05) is 0 Å². The van der Waals surface area contributed by atoms with E-state index in [0.717, 1.165) is 11.3 Å². The van der Waals surface area contributed by atoms with Crippen LogP contribution in [-0.4, -0.2) is 11.2 Å². The van der Waals surface area contributed by atoms with Gasteiger partial charge in [0.2, 0.25) is 0 Å². The molecule has 0 aliphatic heterocycles. The normalized spacial score (nSPS) is 12.5. The van der Waals surface area contributed by atoms with Crippen LogP contribution < -0.4 is 4.74 Å². The molecule has 20 heavy (non-hydrogen) atoms. The van der Waals surface area contributed by atoms with Crippen molar-refractivity contribution in [1.29, 1.82) is 0 Å². The van der Waals surface area contributed by atoms with Gasteiger partial charge in [0.1, 0.15) is 11.9 Å². The summed E-state index contributed by atoms with van der Waals surface area (Å²) in [6.45, 7) is 3.94. The Bertz CT molecular complexity index is 580. The summed E-state index contributed by atoms with van der Waals surface area (Å²) in [6, 6.07) is 12.4. The van der Waals surface area contributed by atoms with E-state index in [2.05, 4.69) is 0 Å². The number of hydrogen-bond acceptors (Lipinski definition) is 2. The van der Waals surface area contributed by atoms with E-state index < -0.39 is 6.10 Å². The molecule has 4 heteroatoms. The maximum Gasteiger partial charge on any atom is 0.119 e. The van der Waals surface area contributed by atoms with Crippen LogP contribution in [0.25, 0.3) is 0 Å². The van der Waals surface area contributed by atoms with Crippen molar-refractivity contribution < 1.29 is 9.84 Å². The van der Waals surface area contributed by atoms with Gasteiger partial charge in [-0.15, -0.1) is 0 Å². The minimum Gasteiger partial charge on any atom is -0.491 e. The van der Waals surface area contributed by atoms with Gasteiger partial charge in [-0.2, -0.15) is 0 Å². The van der Waals surface area contributed by atoms with E-state index in [1.165, 1.54) is 0 Å². The predicted molar refractivity (Wildman–Crippen MR) is 82.7 cm³/mol. The van der Waals surface area contributed by atoms with Gasteiger partial charge >= 0.3 is 0 Å². The van der Waals surface area contributed by atoms with Crippen LogP contribution in [0.3, 0.4) is 0 Å². The number of benzene rings is 2. The summed E-state index contributed by atoms with van der Waals surface area (Å²) < 4.78 is 5.57. The average molecular weight is 311 g/mol. The second kappa shape index (κ2) is 6.49. The van der Waals surface area contributed by atoms with Crippen LogP contribution in [0.15, 0.2) is 42.5 Å². The number of ether oxygens (including phenoxy) is 1. The maximum atomic E-state index is 10.4. The van der Waals surface area contributed by atoms with Gasteiger partial charge in [-0.3, -0.25) is 0 Å². The molecule has 0 radical (unpaired) electrons. The van der Waals surface area contributed by atoms with Crippen LogP contribution in [0.5, 0.6) is 5.75 Å². The molecule has 0 heterocycles. The van der Waals surface area contributed by atoms with E-state index in [1.54, 1.807) is 18.2 Å². The first-order valence-corrected chi connectivity index (χ1v) is 7.12. The third-order valence-electron chi connectivity index (χ3n) is 2.82. The molecule has 1 atom stereocenters. The molecular formula is C16H16Cl2O2. The summed E-state index contributed by atoms with van der Waals surface area (Å²) >= 11 is 12.0. The first kappa shape index (κ1) is 15.2. The van der Waals surface area contributed by atoms with Crippen molar-refractivity contribution in [1.82, 2.24) is 0 Å². The third-order valence-corrected chi connectivity index (χ3v) is 3.39. The zero-order valence-corrected chi connectivity index (χ0v) is 12.8. The van der Waals surface area contributed by atoms with E-state index in [0.29, 0.717) is 15.6 Å². The molecule has 0 aromatic heterocycles. The molecule has 2 rings (SSSR count). The lowest BCUT2D eigenvalue weighted by Crippen LogP contribution is -2.06. The van der Waals surface area contributed by atoms with Gasteiger partial charge in [-0.25, -0.2) is 0 Å². The monoisotopic (exact) mass is 310 g/mol. The van der Waals surface area contributed by atoms with Crippen LogP contribution in [0.1, 0.15) is 31.1 Å². The molecule has 0 saturated heterocycles. The molecule has 2 nitrogen and oxygen atoms in total. The van der Waals surface area contributed by atoms with Gasteiger partial charge in [0.25, 0.3) is 0 Å². The van der Waals surface area contributed by atoms with Crippen LogP contribution in [0, 0.1) is 0 Å². The van der Waals surface area contributed by atoms with Crippen molar-refractivity contribution >= 4 is 23.2 Å². The van der Waals surface area contributed by atoms with Gasteiger partial charge in [0.05, 0.1) is 6.10 Å². The van der Waals surface area contributed by atoms with Crippen LogP contribution >= 0.6 is 23.2 Å². The Morgan fingerprint density at radius 1 is 1.00 bits per heavy atom. The van der Waals surface area contributed by atoms with Gasteiger partial charge in [-0.05, 0) is 43.7 Å². The Kier molecular flexibility index (Phi) is 4.92. The van der Waals surface area contributed by atoms with Gasteiger partial charge in [0, 0.05) is 15.6 Å². The summed E-state index contributed by atoms with van der Waals surface area (Å²) in [5.41, 5.74) is 1.39. The van der Waals surface area contributed by atoms with E-state index in [1.807, 2.05) is 38.1 Å². The molecule has 0 spiro atoms. The van der Waals surface area contributed by atoms with E-state index >= 15 is 0 Å². The van der Waals surface area contributed by atoms with Crippen LogP contribution in [-0.2, 0) is 0 Å². The van der Waals surface area contributed by atoms with E-state index in [9.17, 15) is 5.11 Å². The topological polar surface area (TPSA) is 29.5 Å². The molecule has 1 N–H and O–H groups in total. The van der Waals surface area contributed by atoms with Crippen molar-refractivity contribution in [2.24, 2.45) is 0 Å². The van der Waals surface area contributed by atoms with Gasteiger partial charge < -0.3 is 9.84 Å². The lowest BCUT2D eigenvalue weighted by molar-refractivity contribution is 0.219. The van der Waals surface area contributed by atoms with Crippen LogP contribution in [0.4, 0.5) is 0 Å². The van der Waals surface area contributed by atoms with Crippen molar-refractivity contribution in [3.8, 4) is 5.75 Å². The van der Waals surface area contributed by atoms with Crippen molar-refractivity contribution in [3.05, 3.63) is 63.6 Å². The zero-order chi connectivity index (χ0) is 14.7. The summed E-state index contributed by atoms with van der Waals surface area (Å²) in [5, 5.41) is 11.4. The Hall–Kier alpha value is -1.22. The molecule has 1 unspecified atom stereocenters. The Morgan fingerprint density at radius 2 is 1.65 bits per heavy atom. The quantitative estimate of drug-likeness (QED) is 0.873. The fourth-order valence-electron chi connectivity index (χ4n) is 1.90. The standard InChI is InChI=1S/C16H16Cl2O2/c1-10(2)20-13-6-3-11(4-7-13)16(19)14-8-5-12(17)9-15(14)18/h3-10,16,19H,1-2H3. The first-order chi connectivity index (χ1) is 9.47. The first-order valence-electron chi connectivity index (χ1n) is 6.37. The number of aliphatic hydroxyl groups is 1. The van der Waals surface area contributed by atoms with Gasteiger partial charge in [0.15, 0.2) is 0 Å².